The molecule has 1 aromatic carbocycles. The summed E-state index contributed by atoms with van der Waals surface area (Å²) in [6, 6.07) is 7.67. The zero-order chi connectivity index (χ0) is 12.0. The molecule has 1 rings (SSSR count). The molecule has 3 heteroatoms. The van der Waals surface area contributed by atoms with E-state index >= 15 is 0 Å². The molecule has 0 fully saturated rings. The van der Waals surface area contributed by atoms with Crippen molar-refractivity contribution in [2.45, 2.75) is 39.3 Å². The predicted octanol–water partition coefficient (Wildman–Crippen LogP) is 2.59. The van der Waals surface area contributed by atoms with Crippen molar-refractivity contribution in [2.75, 3.05) is 6.61 Å². The maximum Gasteiger partial charge on any atom is 0.120 e. The van der Waals surface area contributed by atoms with E-state index in [9.17, 15) is 0 Å². The van der Waals surface area contributed by atoms with Gasteiger partial charge in [-0.2, -0.15) is 0 Å². The van der Waals surface area contributed by atoms with Gasteiger partial charge in [0, 0.05) is 6.04 Å². The van der Waals surface area contributed by atoms with Gasteiger partial charge >= 0.3 is 0 Å². The van der Waals surface area contributed by atoms with Gasteiger partial charge in [0.2, 0.25) is 0 Å². The van der Waals surface area contributed by atoms with Gasteiger partial charge in [0.1, 0.15) is 17.6 Å². The van der Waals surface area contributed by atoms with Gasteiger partial charge < -0.3 is 15.2 Å². The number of benzene rings is 1. The van der Waals surface area contributed by atoms with Crippen LogP contribution in [-0.2, 0) is 0 Å². The first-order valence-corrected chi connectivity index (χ1v) is 5.78. The molecular weight excluding hydrogens is 202 g/mol. The van der Waals surface area contributed by atoms with Crippen molar-refractivity contribution in [2.24, 2.45) is 5.73 Å². The highest BCUT2D eigenvalue weighted by Gasteiger charge is 2.08. The van der Waals surface area contributed by atoms with E-state index in [1.54, 1.807) is 0 Å². The van der Waals surface area contributed by atoms with E-state index in [1.165, 1.54) is 0 Å². The van der Waals surface area contributed by atoms with Crippen LogP contribution in [0.1, 0.15) is 27.2 Å². The first-order chi connectivity index (χ1) is 7.63. The highest BCUT2D eigenvalue weighted by atomic mass is 16.5. The lowest BCUT2D eigenvalue weighted by molar-refractivity contribution is 0.196. The molecule has 0 spiro atoms. The molecular formula is C13H21NO2. The van der Waals surface area contributed by atoms with Gasteiger partial charge in [0.05, 0.1) is 6.61 Å². The zero-order valence-electron chi connectivity index (χ0n) is 10.3. The molecule has 0 aliphatic carbocycles. The average molecular weight is 223 g/mol. The molecule has 0 saturated carbocycles. The molecule has 0 aromatic heterocycles. The number of hydrogen-bond acceptors (Lipinski definition) is 3. The van der Waals surface area contributed by atoms with E-state index in [2.05, 4.69) is 6.92 Å². The Balaban J connectivity index is 2.51. The van der Waals surface area contributed by atoms with Crippen molar-refractivity contribution in [3.8, 4) is 11.5 Å². The maximum absolute atomic E-state index is 5.73. The fraction of sp³-hybridized carbons (Fsp3) is 0.538. The molecule has 0 amide bonds. The average Bonchev–Trinajstić information content (AvgIpc) is 2.28. The lowest BCUT2D eigenvalue weighted by atomic mass is 10.2. The molecule has 2 unspecified atom stereocenters. The van der Waals surface area contributed by atoms with Crippen LogP contribution in [0.5, 0.6) is 11.5 Å². The topological polar surface area (TPSA) is 44.5 Å². The van der Waals surface area contributed by atoms with Crippen LogP contribution in [-0.4, -0.2) is 18.8 Å². The standard InChI is InChI=1S/C13H21NO2/c1-4-9-15-12-5-7-13(8-6-12)16-11(3)10(2)14/h5-8,10-11H,4,9,14H2,1-3H3. The summed E-state index contributed by atoms with van der Waals surface area (Å²) < 4.78 is 11.1. The van der Waals surface area contributed by atoms with E-state index in [-0.39, 0.29) is 12.1 Å². The smallest absolute Gasteiger partial charge is 0.120 e. The Morgan fingerprint density at radius 3 is 2.19 bits per heavy atom. The molecule has 0 aliphatic rings. The minimum absolute atomic E-state index is 0.0161. The second-order valence-corrected chi connectivity index (χ2v) is 4.00. The maximum atomic E-state index is 5.73. The van der Waals surface area contributed by atoms with Gasteiger partial charge in [-0.1, -0.05) is 6.92 Å². The second-order valence-electron chi connectivity index (χ2n) is 4.00. The summed E-state index contributed by atoms with van der Waals surface area (Å²) in [4.78, 5) is 0. The Kier molecular flexibility index (Phi) is 5.12. The number of hydrogen-bond donors (Lipinski definition) is 1. The van der Waals surface area contributed by atoms with Crippen LogP contribution in [0.2, 0.25) is 0 Å². The largest absolute Gasteiger partial charge is 0.494 e. The summed E-state index contributed by atoms with van der Waals surface area (Å²) in [5.74, 6) is 1.70. The SMILES string of the molecule is CCCOc1ccc(OC(C)C(C)N)cc1. The first-order valence-electron chi connectivity index (χ1n) is 5.78. The number of rotatable bonds is 6. The van der Waals surface area contributed by atoms with E-state index in [0.717, 1.165) is 24.5 Å². The Morgan fingerprint density at radius 2 is 1.69 bits per heavy atom. The van der Waals surface area contributed by atoms with Gasteiger partial charge in [0.15, 0.2) is 0 Å². The summed E-state index contributed by atoms with van der Waals surface area (Å²) in [6.45, 7) is 6.73. The van der Waals surface area contributed by atoms with Crippen molar-refractivity contribution in [1.82, 2.24) is 0 Å². The lowest BCUT2D eigenvalue weighted by Gasteiger charge is -2.18. The van der Waals surface area contributed by atoms with Crippen molar-refractivity contribution >= 4 is 0 Å². The van der Waals surface area contributed by atoms with E-state index in [0.29, 0.717) is 0 Å². The molecule has 16 heavy (non-hydrogen) atoms. The third kappa shape index (κ3) is 4.11. The predicted molar refractivity (Wildman–Crippen MR) is 66.0 cm³/mol. The monoisotopic (exact) mass is 223 g/mol. The number of nitrogens with two attached hydrogens (primary N) is 1. The molecule has 0 radical (unpaired) electrons. The van der Waals surface area contributed by atoms with Gasteiger partial charge in [-0.15, -0.1) is 0 Å². The van der Waals surface area contributed by atoms with Crippen molar-refractivity contribution < 1.29 is 9.47 Å². The Morgan fingerprint density at radius 1 is 1.12 bits per heavy atom. The van der Waals surface area contributed by atoms with Gasteiger partial charge in [-0.05, 0) is 44.5 Å². The van der Waals surface area contributed by atoms with Crippen LogP contribution in [0, 0.1) is 0 Å². The second kappa shape index (κ2) is 6.38. The normalized spacial score (nSPS) is 14.2. The molecule has 90 valence electrons. The fourth-order valence-corrected chi connectivity index (χ4v) is 1.16. The van der Waals surface area contributed by atoms with Crippen molar-refractivity contribution in [3.63, 3.8) is 0 Å². The highest BCUT2D eigenvalue weighted by molar-refractivity contribution is 5.31. The fourth-order valence-electron chi connectivity index (χ4n) is 1.16. The zero-order valence-corrected chi connectivity index (χ0v) is 10.3. The van der Waals surface area contributed by atoms with Gasteiger partial charge in [0.25, 0.3) is 0 Å². The van der Waals surface area contributed by atoms with Crippen molar-refractivity contribution in [1.29, 1.82) is 0 Å². The van der Waals surface area contributed by atoms with Crippen LogP contribution >= 0.6 is 0 Å². The highest BCUT2D eigenvalue weighted by Crippen LogP contribution is 2.19. The van der Waals surface area contributed by atoms with Crippen LogP contribution in [0.3, 0.4) is 0 Å². The van der Waals surface area contributed by atoms with Gasteiger partial charge in [-0.3, -0.25) is 0 Å². The van der Waals surface area contributed by atoms with Crippen LogP contribution < -0.4 is 15.2 Å². The molecule has 2 N–H and O–H groups in total. The van der Waals surface area contributed by atoms with Gasteiger partial charge in [-0.25, -0.2) is 0 Å². The lowest BCUT2D eigenvalue weighted by Crippen LogP contribution is -2.33. The summed E-state index contributed by atoms with van der Waals surface area (Å²) >= 11 is 0. The Bertz CT molecular complexity index is 295. The Hall–Kier alpha value is -1.22. The van der Waals surface area contributed by atoms with Crippen LogP contribution in [0.25, 0.3) is 0 Å². The Labute approximate surface area is 97.6 Å². The third-order valence-electron chi connectivity index (χ3n) is 2.36. The summed E-state index contributed by atoms with van der Waals surface area (Å²) in [7, 11) is 0. The number of ether oxygens (including phenoxy) is 2. The quantitative estimate of drug-likeness (QED) is 0.806. The van der Waals surface area contributed by atoms with Crippen molar-refractivity contribution in [3.05, 3.63) is 24.3 Å². The van der Waals surface area contributed by atoms with E-state index in [4.69, 9.17) is 15.2 Å². The molecule has 0 bridgehead atoms. The summed E-state index contributed by atoms with van der Waals surface area (Å²) in [5, 5.41) is 0. The van der Waals surface area contributed by atoms with E-state index < -0.39 is 0 Å². The molecule has 0 heterocycles. The van der Waals surface area contributed by atoms with E-state index in [1.807, 2.05) is 38.1 Å². The molecule has 3 nitrogen and oxygen atoms in total. The molecule has 1 aromatic rings. The van der Waals surface area contributed by atoms with Crippen LogP contribution in [0.4, 0.5) is 0 Å². The molecule has 0 aliphatic heterocycles. The van der Waals surface area contributed by atoms with Crippen LogP contribution in [0.15, 0.2) is 24.3 Å². The molecule has 2 atom stereocenters. The summed E-state index contributed by atoms with van der Waals surface area (Å²) in [5.41, 5.74) is 5.73. The third-order valence-corrected chi connectivity index (χ3v) is 2.36. The summed E-state index contributed by atoms with van der Waals surface area (Å²) in [6.07, 6.45) is 1.03. The molecule has 0 saturated heterocycles. The minimum Gasteiger partial charge on any atom is -0.494 e. The minimum atomic E-state index is 0.0161. The first kappa shape index (κ1) is 12.8.